The van der Waals surface area contributed by atoms with Crippen LogP contribution in [0.25, 0.3) is 83.9 Å². The van der Waals surface area contributed by atoms with E-state index in [0.717, 1.165) is 0 Å². The molecule has 135 heavy (non-hydrogen) atoms. The molecule has 0 aliphatic carbocycles. The van der Waals surface area contributed by atoms with Gasteiger partial charge in [-0.25, -0.2) is 50.1 Å². The van der Waals surface area contributed by atoms with Crippen molar-refractivity contribution in [2.24, 2.45) is 0 Å². The van der Waals surface area contributed by atoms with Crippen LogP contribution in [0.1, 0.15) is 110 Å². The molecule has 3 aliphatic heterocycles. The molecule has 3 aliphatic rings. The number of nitrogen functional groups attached to an aromatic ring is 3. The summed E-state index contributed by atoms with van der Waals surface area (Å²) in [4.78, 5) is 117. The van der Waals surface area contributed by atoms with Gasteiger partial charge < -0.3 is 46.6 Å². The number of hydrogen-bond donors (Lipinski definition) is 3. The van der Waals surface area contributed by atoms with Gasteiger partial charge in [0, 0.05) is 119 Å². The average molecular weight is 1990 g/mol. The van der Waals surface area contributed by atoms with Crippen LogP contribution in [-0.2, 0) is 14.4 Å². The summed E-state index contributed by atoms with van der Waals surface area (Å²) in [5, 5.41) is 27.4. The topological polar surface area (TPSA) is 363 Å². The zero-order valence-corrected chi connectivity index (χ0v) is 78.5. The molecule has 0 saturated carbocycles. The fourth-order valence-electron chi connectivity index (χ4n) is 16.6. The highest BCUT2D eigenvalue weighted by Crippen LogP contribution is 2.49. The standard InChI is InChI=1S/C31H26Cl3F2N7O2.2C31H26Cl2F3N7O2/c1-5-19(44)41-8-10-42(11-9-41)29-16-12-18(32)27(20-21(33)23(35)22(34)24(36)25(20)38)40-30(16)43(31(45)17(29)13-37)28-15(4)6-7-39-26(28)14(2)3;2*1-5-19(44)41-8-10-42(11-9-41)29-16-12-18(32)27(20-22(34)23(35)21(33)24(36)25(20)38)40-30(16)43(31(45)17(29)13-37)28-15(4)6-7-39-26(28)14(2)3/h3*5-7,12,14H,1,8-11,38H2,2-4H3. The molecule has 0 unspecified atom stereocenters. The van der Waals surface area contributed by atoms with Crippen molar-refractivity contribution in [1.82, 2.24) is 58.3 Å². The maximum atomic E-state index is 15.4. The minimum Gasteiger partial charge on any atom is -0.396 e. The van der Waals surface area contributed by atoms with Crippen LogP contribution in [0.4, 0.5) is 69.2 Å². The van der Waals surface area contributed by atoms with Gasteiger partial charge in [0.1, 0.15) is 66.9 Å². The first-order valence-electron chi connectivity index (χ1n) is 41.3. The zero-order chi connectivity index (χ0) is 98.7. The number of hydrogen-bond acceptors (Lipinski definition) is 21. The average Bonchev–Trinajstić information content (AvgIpc) is 0.728. The second-order valence-corrected chi connectivity index (χ2v) is 35.0. The molecule has 3 fully saturated rings. The van der Waals surface area contributed by atoms with Crippen molar-refractivity contribution >= 4 is 166 Å². The number of halogens is 15. The number of aromatic nitrogens is 9. The Bertz CT molecular complexity index is 6650. The highest BCUT2D eigenvalue weighted by Gasteiger charge is 2.38. The molecule has 0 atom stereocenters. The van der Waals surface area contributed by atoms with E-state index in [2.05, 4.69) is 50.7 Å². The Kier molecular flexibility index (Phi) is 29.1. The van der Waals surface area contributed by atoms with Crippen molar-refractivity contribution in [2.45, 2.75) is 80.1 Å². The highest BCUT2D eigenvalue weighted by atomic mass is 35.5. The van der Waals surface area contributed by atoms with Crippen LogP contribution in [0.2, 0.25) is 35.2 Å². The van der Waals surface area contributed by atoms with E-state index in [9.17, 15) is 70.9 Å². The largest absolute Gasteiger partial charge is 0.396 e. The van der Waals surface area contributed by atoms with E-state index in [1.54, 1.807) is 87.0 Å². The Morgan fingerprint density at radius 1 is 0.378 bits per heavy atom. The fraction of sp³-hybridized carbons (Fsp3) is 0.258. The lowest BCUT2D eigenvalue weighted by Gasteiger charge is -2.36. The lowest BCUT2D eigenvalue weighted by atomic mass is 10.0. The summed E-state index contributed by atoms with van der Waals surface area (Å²) in [6, 6.07) is 15.3. The molecule has 0 spiro atoms. The molecule has 42 heteroatoms. The van der Waals surface area contributed by atoms with Crippen LogP contribution in [0.5, 0.6) is 0 Å². The quantitative estimate of drug-likeness (QED) is 0.0282. The predicted molar refractivity (Wildman–Crippen MR) is 507 cm³/mol. The highest BCUT2D eigenvalue weighted by molar-refractivity contribution is 6.40. The monoisotopic (exact) mass is 1980 g/mol. The molecule has 696 valence electrons. The van der Waals surface area contributed by atoms with E-state index < -0.39 is 123 Å². The van der Waals surface area contributed by atoms with Crippen LogP contribution in [-0.4, -0.2) is 155 Å². The predicted octanol–water partition coefficient (Wildman–Crippen LogP) is 18.2. The molecule has 6 N–H and O–H groups in total. The molecule has 27 nitrogen and oxygen atoms in total. The number of benzene rings is 3. The number of nitrogens with zero attached hydrogens (tertiary/aromatic N) is 18. The molecule has 0 bridgehead atoms. The third kappa shape index (κ3) is 17.6. The van der Waals surface area contributed by atoms with Gasteiger partial charge in [-0.05, 0) is 110 Å². The summed E-state index contributed by atoms with van der Waals surface area (Å²) in [6.07, 6.45) is 8.40. The number of aryl methyl sites for hydroxylation is 3. The van der Waals surface area contributed by atoms with Crippen LogP contribution >= 0.6 is 81.2 Å². The summed E-state index contributed by atoms with van der Waals surface area (Å²) >= 11 is 43.3. The number of carbonyl (C=O) groups excluding carboxylic acids is 3. The van der Waals surface area contributed by atoms with Gasteiger partial charge in [-0.3, -0.25) is 57.4 Å². The Morgan fingerprint density at radius 2 is 0.622 bits per heavy atom. The number of pyridine rings is 9. The summed E-state index contributed by atoms with van der Waals surface area (Å²) in [7, 11) is 0. The maximum absolute atomic E-state index is 15.4. The van der Waals surface area contributed by atoms with Gasteiger partial charge in [0.15, 0.2) is 46.5 Å². The van der Waals surface area contributed by atoms with E-state index in [1.807, 2.05) is 53.7 Å². The Balaban J connectivity index is 0.000000171. The smallest absolute Gasteiger partial charge is 0.276 e. The molecular formula is C93H78Cl7F8N21O6. The number of rotatable bonds is 15. The first-order valence-corrected chi connectivity index (χ1v) is 43.9. The molecule has 3 amide bonds. The van der Waals surface area contributed by atoms with Gasteiger partial charge >= 0.3 is 0 Å². The lowest BCUT2D eigenvalue weighted by molar-refractivity contribution is -0.127. The van der Waals surface area contributed by atoms with E-state index in [4.69, 9.17) is 103 Å². The van der Waals surface area contributed by atoms with Crippen molar-refractivity contribution in [3.63, 3.8) is 0 Å². The number of fused-ring (bicyclic) bond motifs is 3. The SMILES string of the molecule is C=CC(=O)N1CCN(c2c(C#N)c(=O)n(-c3c(C)ccnc3C(C)C)c3nc(-c4c(N)c(F)c(Cl)c(F)c4Cl)c(Cl)cc23)CC1.C=CC(=O)N1CCN(c2c(C#N)c(=O)n(-c3c(C)ccnc3C(C)C)c3nc(-c4c(N)c(F)c(Cl)c(F)c4F)c(Cl)cc23)CC1.C=CC(=O)N1CCN(c2c(C#N)c(=O)n(-c3c(C)ccnc3C(C)C)c3nc(-c4c(N)c(F)c(Cl)c(F)c4F)c(Cl)cc23)CC1. The van der Waals surface area contributed by atoms with Gasteiger partial charge in [0.25, 0.3) is 16.7 Å². The summed E-state index contributed by atoms with van der Waals surface area (Å²) in [6.45, 7) is 30.3. The fourth-order valence-corrected chi connectivity index (χ4v) is 18.2. The molecule has 9 aromatic heterocycles. The Morgan fingerprint density at radius 3 is 0.867 bits per heavy atom. The third-order valence-electron chi connectivity index (χ3n) is 23.2. The van der Waals surface area contributed by atoms with Gasteiger partial charge in [-0.15, -0.1) is 0 Å². The first kappa shape index (κ1) is 99.0. The van der Waals surface area contributed by atoms with Crippen molar-refractivity contribution in [1.29, 1.82) is 15.8 Å². The molecular weight excluding hydrogens is 1910 g/mol. The number of carbonyl (C=O) groups is 3. The number of nitrogens with two attached hydrogens (primary N) is 3. The van der Waals surface area contributed by atoms with Crippen LogP contribution in [0.15, 0.2) is 107 Å². The maximum Gasteiger partial charge on any atom is 0.276 e. The second-order valence-electron chi connectivity index (χ2n) is 32.2. The van der Waals surface area contributed by atoms with Crippen molar-refractivity contribution < 1.29 is 49.5 Å². The third-order valence-corrected chi connectivity index (χ3v) is 25.4. The minimum absolute atomic E-state index is 0.0160. The van der Waals surface area contributed by atoms with Crippen LogP contribution in [0, 0.1) is 101 Å². The summed E-state index contributed by atoms with van der Waals surface area (Å²) in [5.41, 5.74) is 14.5. The van der Waals surface area contributed by atoms with E-state index in [0.29, 0.717) is 69.3 Å². The molecule has 12 aromatic rings. The van der Waals surface area contributed by atoms with E-state index >= 15 is 8.78 Å². The lowest BCUT2D eigenvalue weighted by Crippen LogP contribution is -2.49. The normalized spacial score (nSPS) is 13.4. The van der Waals surface area contributed by atoms with Gasteiger partial charge in [0.05, 0.1) is 117 Å². The van der Waals surface area contributed by atoms with Crippen molar-refractivity contribution in [3.05, 3.63) is 256 Å². The molecule has 15 rings (SSSR count). The summed E-state index contributed by atoms with van der Waals surface area (Å²) in [5.74, 6) is -13.2. The van der Waals surface area contributed by atoms with Crippen molar-refractivity contribution in [3.8, 4) is 69.0 Å². The molecule has 12 heterocycles. The first-order chi connectivity index (χ1) is 64.0. The summed E-state index contributed by atoms with van der Waals surface area (Å²) < 4.78 is 123. The van der Waals surface area contributed by atoms with E-state index in [1.165, 1.54) is 50.1 Å². The Hall–Kier alpha value is -13.4. The zero-order valence-electron chi connectivity index (χ0n) is 73.2. The van der Waals surface area contributed by atoms with Crippen molar-refractivity contribution in [2.75, 3.05) is 110 Å². The molecule has 3 aromatic carbocycles. The molecule has 3 saturated heterocycles. The molecule has 0 radical (unpaired) electrons. The van der Waals surface area contributed by atoms with Crippen LogP contribution < -0.4 is 48.6 Å². The van der Waals surface area contributed by atoms with Gasteiger partial charge in [0.2, 0.25) is 17.7 Å². The van der Waals surface area contributed by atoms with Gasteiger partial charge in [-0.1, -0.05) is 142 Å². The minimum atomic E-state index is -1.69. The Labute approximate surface area is 800 Å². The van der Waals surface area contributed by atoms with Gasteiger partial charge in [-0.2, -0.15) is 15.8 Å². The van der Waals surface area contributed by atoms with E-state index in [-0.39, 0.29) is 189 Å². The number of anilines is 6. The number of amides is 3. The number of nitriles is 3. The van der Waals surface area contributed by atoms with Crippen LogP contribution in [0.3, 0.4) is 0 Å². The number of piperazine rings is 3. The second kappa shape index (κ2) is 39.6.